The molecule has 3 rings (SSSR count). The number of rotatable bonds is 5. The van der Waals surface area contributed by atoms with Crippen LogP contribution < -0.4 is 0 Å². The summed E-state index contributed by atoms with van der Waals surface area (Å²) in [6, 6.07) is 1.91. The fourth-order valence-electron chi connectivity index (χ4n) is 3.82. The predicted octanol–water partition coefficient (Wildman–Crippen LogP) is 2.15. The van der Waals surface area contributed by atoms with Crippen LogP contribution in [0.2, 0.25) is 0 Å². The molecule has 2 aromatic rings. The number of aromatic nitrogens is 4. The van der Waals surface area contributed by atoms with E-state index >= 15 is 0 Å². The van der Waals surface area contributed by atoms with E-state index in [4.69, 9.17) is 5.11 Å². The summed E-state index contributed by atoms with van der Waals surface area (Å²) in [5.41, 5.74) is 4.32. The first-order valence-corrected chi connectivity index (χ1v) is 9.62. The number of piperidine rings is 1. The number of carbonyl (C=O) groups excluding carboxylic acids is 1. The first kappa shape index (κ1) is 20.0. The number of aryl methyl sites for hydroxylation is 3. The number of carboxylic acid groups (broad SMARTS) is 1. The van der Waals surface area contributed by atoms with Crippen molar-refractivity contribution in [1.29, 1.82) is 0 Å². The normalized spacial score (nSPS) is 15.1. The minimum absolute atomic E-state index is 0.0564. The standard InChI is InChI=1S/C20H27N5O3/c1-12-9-13(2)22-20(21-12)25-15(4)17(14(3)23-25)11-18(26)24-7-5-16(6-8-24)10-19(27)28/h9,16H,5-8,10-11H2,1-4H3,(H,27,28). The van der Waals surface area contributed by atoms with E-state index in [2.05, 4.69) is 15.1 Å². The van der Waals surface area contributed by atoms with Crippen molar-refractivity contribution in [3.63, 3.8) is 0 Å². The lowest BCUT2D eigenvalue weighted by Gasteiger charge is -2.31. The number of carbonyl (C=O) groups is 2. The van der Waals surface area contributed by atoms with Gasteiger partial charge in [-0.15, -0.1) is 0 Å². The van der Waals surface area contributed by atoms with Crippen molar-refractivity contribution < 1.29 is 14.7 Å². The van der Waals surface area contributed by atoms with Crippen molar-refractivity contribution in [3.8, 4) is 5.95 Å². The first-order valence-electron chi connectivity index (χ1n) is 9.62. The molecule has 0 radical (unpaired) electrons. The molecule has 1 saturated heterocycles. The number of hydrogen-bond donors (Lipinski definition) is 1. The zero-order valence-corrected chi connectivity index (χ0v) is 16.9. The lowest BCUT2D eigenvalue weighted by Crippen LogP contribution is -2.39. The van der Waals surface area contributed by atoms with Crippen LogP contribution in [0.5, 0.6) is 0 Å². The van der Waals surface area contributed by atoms with E-state index in [1.807, 2.05) is 38.7 Å². The third-order valence-corrected chi connectivity index (χ3v) is 5.36. The Labute approximate surface area is 164 Å². The van der Waals surface area contributed by atoms with E-state index in [0.29, 0.717) is 19.0 Å². The van der Waals surface area contributed by atoms with E-state index in [9.17, 15) is 9.59 Å². The van der Waals surface area contributed by atoms with Gasteiger partial charge in [0, 0.05) is 42.2 Å². The zero-order valence-electron chi connectivity index (χ0n) is 16.9. The Kier molecular flexibility index (Phi) is 5.76. The van der Waals surface area contributed by atoms with Gasteiger partial charge in [0.25, 0.3) is 5.95 Å². The largest absolute Gasteiger partial charge is 0.481 e. The Morgan fingerprint density at radius 1 is 1.11 bits per heavy atom. The van der Waals surface area contributed by atoms with Gasteiger partial charge in [0.2, 0.25) is 5.91 Å². The number of aliphatic carboxylic acids is 1. The van der Waals surface area contributed by atoms with Gasteiger partial charge in [-0.1, -0.05) is 0 Å². The van der Waals surface area contributed by atoms with Crippen molar-refractivity contribution >= 4 is 11.9 Å². The molecule has 0 atom stereocenters. The summed E-state index contributed by atoms with van der Waals surface area (Å²) in [6.45, 7) is 8.90. The number of nitrogens with zero attached hydrogens (tertiary/aromatic N) is 5. The molecule has 8 heteroatoms. The van der Waals surface area contributed by atoms with E-state index in [0.717, 1.165) is 41.2 Å². The van der Waals surface area contributed by atoms with Crippen LogP contribution in [-0.4, -0.2) is 54.7 Å². The summed E-state index contributed by atoms with van der Waals surface area (Å²) in [4.78, 5) is 34.4. The molecule has 0 aromatic carbocycles. The Morgan fingerprint density at radius 2 is 1.71 bits per heavy atom. The second-order valence-corrected chi connectivity index (χ2v) is 7.61. The van der Waals surface area contributed by atoms with Crippen LogP contribution in [0, 0.1) is 33.6 Å². The average molecular weight is 385 g/mol. The molecule has 0 aliphatic carbocycles. The van der Waals surface area contributed by atoms with E-state index in [1.54, 1.807) is 4.68 Å². The van der Waals surface area contributed by atoms with Crippen LogP contribution in [0.15, 0.2) is 6.07 Å². The van der Waals surface area contributed by atoms with Crippen LogP contribution in [-0.2, 0) is 16.0 Å². The monoisotopic (exact) mass is 385 g/mol. The summed E-state index contributed by atoms with van der Waals surface area (Å²) in [5.74, 6) is -0.0290. The molecule has 3 heterocycles. The van der Waals surface area contributed by atoms with Crippen molar-refractivity contribution in [2.75, 3.05) is 13.1 Å². The maximum absolute atomic E-state index is 12.8. The molecule has 2 aromatic heterocycles. The molecule has 150 valence electrons. The van der Waals surface area contributed by atoms with Crippen LogP contribution in [0.1, 0.15) is 47.6 Å². The Balaban J connectivity index is 1.72. The lowest BCUT2D eigenvalue weighted by atomic mass is 9.93. The topological polar surface area (TPSA) is 101 Å². The number of amides is 1. The fraction of sp³-hybridized carbons (Fsp3) is 0.550. The number of carboxylic acids is 1. The van der Waals surface area contributed by atoms with Gasteiger partial charge in [0.05, 0.1) is 12.1 Å². The van der Waals surface area contributed by atoms with Gasteiger partial charge >= 0.3 is 5.97 Å². The molecule has 8 nitrogen and oxygen atoms in total. The van der Waals surface area contributed by atoms with Crippen molar-refractivity contribution in [3.05, 3.63) is 34.4 Å². The van der Waals surface area contributed by atoms with Crippen LogP contribution in [0.3, 0.4) is 0 Å². The second kappa shape index (κ2) is 8.08. The summed E-state index contributed by atoms with van der Waals surface area (Å²) in [7, 11) is 0. The second-order valence-electron chi connectivity index (χ2n) is 7.61. The number of hydrogen-bond acceptors (Lipinski definition) is 5. The molecule has 0 saturated carbocycles. The minimum Gasteiger partial charge on any atom is -0.481 e. The van der Waals surface area contributed by atoms with Crippen molar-refractivity contribution in [1.82, 2.24) is 24.6 Å². The van der Waals surface area contributed by atoms with E-state index < -0.39 is 5.97 Å². The van der Waals surface area contributed by atoms with Gasteiger partial charge in [0.15, 0.2) is 0 Å². The molecular weight excluding hydrogens is 358 g/mol. The molecule has 0 bridgehead atoms. The van der Waals surface area contributed by atoms with E-state index in [1.165, 1.54) is 0 Å². The van der Waals surface area contributed by atoms with Crippen LogP contribution in [0.25, 0.3) is 5.95 Å². The summed E-state index contributed by atoms with van der Waals surface area (Å²) < 4.78 is 1.71. The smallest absolute Gasteiger partial charge is 0.303 e. The summed E-state index contributed by atoms with van der Waals surface area (Å²) >= 11 is 0. The molecular formula is C20H27N5O3. The van der Waals surface area contributed by atoms with Crippen LogP contribution >= 0.6 is 0 Å². The molecule has 1 N–H and O–H groups in total. The Morgan fingerprint density at radius 3 is 2.29 bits per heavy atom. The van der Waals surface area contributed by atoms with Crippen molar-refractivity contribution in [2.24, 2.45) is 5.92 Å². The molecule has 1 amide bonds. The van der Waals surface area contributed by atoms with E-state index in [-0.39, 0.29) is 24.7 Å². The third kappa shape index (κ3) is 4.37. The van der Waals surface area contributed by atoms with Gasteiger partial charge in [-0.25, -0.2) is 14.6 Å². The van der Waals surface area contributed by atoms with Gasteiger partial charge in [0.1, 0.15) is 0 Å². The van der Waals surface area contributed by atoms with Gasteiger partial charge in [-0.05, 0) is 52.5 Å². The minimum atomic E-state index is -0.767. The lowest BCUT2D eigenvalue weighted by molar-refractivity contribution is -0.138. The first-order chi connectivity index (χ1) is 13.2. The predicted molar refractivity (Wildman–Crippen MR) is 103 cm³/mol. The molecule has 28 heavy (non-hydrogen) atoms. The highest BCUT2D eigenvalue weighted by molar-refractivity contribution is 5.79. The molecule has 1 fully saturated rings. The molecule has 1 aliphatic heterocycles. The molecule has 1 aliphatic rings. The van der Waals surface area contributed by atoms with Gasteiger partial charge in [-0.3, -0.25) is 9.59 Å². The summed E-state index contributed by atoms with van der Waals surface area (Å²) in [6.07, 6.45) is 1.95. The average Bonchev–Trinajstić information content (AvgIpc) is 2.89. The highest BCUT2D eigenvalue weighted by atomic mass is 16.4. The molecule has 0 unspecified atom stereocenters. The Hall–Kier alpha value is -2.77. The summed E-state index contributed by atoms with van der Waals surface area (Å²) in [5, 5.41) is 13.5. The third-order valence-electron chi connectivity index (χ3n) is 5.36. The van der Waals surface area contributed by atoms with Crippen LogP contribution in [0.4, 0.5) is 0 Å². The maximum atomic E-state index is 12.8. The fourth-order valence-corrected chi connectivity index (χ4v) is 3.82. The van der Waals surface area contributed by atoms with Gasteiger partial charge in [-0.2, -0.15) is 5.10 Å². The zero-order chi connectivity index (χ0) is 20.4. The SMILES string of the molecule is Cc1cc(C)nc(-n2nc(C)c(CC(=O)N3CCC(CC(=O)O)CC3)c2C)n1. The highest BCUT2D eigenvalue weighted by Crippen LogP contribution is 2.23. The quantitative estimate of drug-likeness (QED) is 0.846. The van der Waals surface area contributed by atoms with Gasteiger partial charge < -0.3 is 10.0 Å². The highest BCUT2D eigenvalue weighted by Gasteiger charge is 2.26. The molecule has 0 spiro atoms. The number of likely N-dealkylation sites (tertiary alicyclic amines) is 1. The maximum Gasteiger partial charge on any atom is 0.303 e. The Bertz CT molecular complexity index is 877. The van der Waals surface area contributed by atoms with Crippen molar-refractivity contribution in [2.45, 2.75) is 53.4 Å².